The Morgan fingerprint density at radius 2 is 1.84 bits per heavy atom. The Kier molecular flexibility index (Phi) is 6.94. The molecule has 31 heavy (non-hydrogen) atoms. The average Bonchev–Trinajstić information content (AvgIpc) is 3.21. The molecule has 2 heterocycles. The van der Waals surface area contributed by atoms with Gasteiger partial charge in [-0.15, -0.1) is 23.5 Å². The van der Waals surface area contributed by atoms with Crippen molar-refractivity contribution in [3.05, 3.63) is 78.6 Å². The summed E-state index contributed by atoms with van der Waals surface area (Å²) in [6.07, 6.45) is 5.88. The largest absolute Gasteiger partial charge is 0.326 e. The molecule has 4 rings (SSSR count). The van der Waals surface area contributed by atoms with Crippen LogP contribution >= 0.6 is 23.5 Å². The van der Waals surface area contributed by atoms with Crippen molar-refractivity contribution in [1.29, 1.82) is 0 Å². The van der Waals surface area contributed by atoms with Crippen molar-refractivity contribution in [2.24, 2.45) is 5.92 Å². The molecule has 158 valence electrons. The maximum absolute atomic E-state index is 12.7. The van der Waals surface area contributed by atoms with E-state index in [9.17, 15) is 9.59 Å². The Morgan fingerprint density at radius 1 is 1.10 bits per heavy atom. The monoisotopic (exact) mass is 449 g/mol. The molecular formula is C24H23N3O2S2. The number of aromatic nitrogens is 1. The van der Waals surface area contributed by atoms with Crippen LogP contribution < -0.4 is 10.2 Å². The molecule has 1 fully saturated rings. The first-order chi connectivity index (χ1) is 15.1. The van der Waals surface area contributed by atoms with Crippen LogP contribution in [0.1, 0.15) is 12.0 Å². The quantitative estimate of drug-likeness (QED) is 0.509. The lowest BCUT2D eigenvalue weighted by molar-refractivity contribution is -0.122. The molecule has 5 nitrogen and oxygen atoms in total. The number of hydrogen-bond acceptors (Lipinski definition) is 5. The summed E-state index contributed by atoms with van der Waals surface area (Å²) in [4.78, 5) is 33.3. The van der Waals surface area contributed by atoms with E-state index in [0.717, 1.165) is 26.9 Å². The van der Waals surface area contributed by atoms with Crippen LogP contribution in [-0.4, -0.2) is 29.6 Å². The van der Waals surface area contributed by atoms with E-state index in [4.69, 9.17) is 0 Å². The molecule has 7 heteroatoms. The summed E-state index contributed by atoms with van der Waals surface area (Å²) >= 11 is 3.38. The van der Waals surface area contributed by atoms with Gasteiger partial charge in [0.1, 0.15) is 0 Å². The number of amides is 2. The van der Waals surface area contributed by atoms with Crippen LogP contribution in [0.3, 0.4) is 0 Å². The maximum atomic E-state index is 12.7. The molecule has 3 aromatic rings. The van der Waals surface area contributed by atoms with Crippen molar-refractivity contribution < 1.29 is 9.59 Å². The van der Waals surface area contributed by atoms with Gasteiger partial charge in [-0.2, -0.15) is 0 Å². The van der Waals surface area contributed by atoms with Crippen LogP contribution in [0.5, 0.6) is 0 Å². The molecule has 1 aromatic heterocycles. The minimum Gasteiger partial charge on any atom is -0.326 e. The number of thioether (sulfide) groups is 2. The summed E-state index contributed by atoms with van der Waals surface area (Å²) in [5.74, 6) is 0.358. The topological polar surface area (TPSA) is 62.3 Å². The van der Waals surface area contributed by atoms with Gasteiger partial charge in [-0.3, -0.25) is 14.6 Å². The fourth-order valence-electron chi connectivity index (χ4n) is 3.42. The highest BCUT2D eigenvalue weighted by molar-refractivity contribution is 7.98. The Balaban J connectivity index is 1.32. The molecule has 0 unspecified atom stereocenters. The first-order valence-corrected chi connectivity index (χ1v) is 12.2. The van der Waals surface area contributed by atoms with Crippen LogP contribution in [0, 0.1) is 5.92 Å². The third kappa shape index (κ3) is 5.48. The SMILES string of the molecule is CSc1ccc(N2C[C@@H](C(=O)Nc3ccc(SCc4cccnc4)cc3)CC2=O)cc1. The standard InChI is InChI=1S/C24H23N3O2S2/c1-30-21-10-6-20(7-11-21)27-15-18(13-23(27)28)24(29)26-19-4-8-22(9-5-19)31-16-17-3-2-12-25-14-17/h2-12,14,18H,13,15-16H2,1H3,(H,26,29)/t18-/m0/s1. The highest BCUT2D eigenvalue weighted by atomic mass is 32.2. The molecule has 1 atom stereocenters. The zero-order chi connectivity index (χ0) is 21.6. The van der Waals surface area contributed by atoms with E-state index >= 15 is 0 Å². The summed E-state index contributed by atoms with van der Waals surface area (Å²) in [6.45, 7) is 0.405. The van der Waals surface area contributed by atoms with Gasteiger partial charge in [-0.05, 0) is 66.4 Å². The number of nitrogens with one attached hydrogen (secondary N) is 1. The van der Waals surface area contributed by atoms with Crippen LogP contribution in [-0.2, 0) is 15.3 Å². The number of hydrogen-bond donors (Lipinski definition) is 1. The smallest absolute Gasteiger partial charge is 0.229 e. The molecule has 0 radical (unpaired) electrons. The molecule has 0 bridgehead atoms. The van der Waals surface area contributed by atoms with Crippen molar-refractivity contribution in [1.82, 2.24) is 4.98 Å². The number of benzene rings is 2. The number of rotatable bonds is 7. The summed E-state index contributed by atoms with van der Waals surface area (Å²) in [5.41, 5.74) is 2.75. The summed E-state index contributed by atoms with van der Waals surface area (Å²) < 4.78 is 0. The Morgan fingerprint density at radius 3 is 2.52 bits per heavy atom. The zero-order valence-corrected chi connectivity index (χ0v) is 18.8. The van der Waals surface area contributed by atoms with E-state index in [2.05, 4.69) is 16.4 Å². The lowest BCUT2D eigenvalue weighted by Crippen LogP contribution is -2.28. The normalized spacial score (nSPS) is 15.8. The fourth-order valence-corrected chi connectivity index (χ4v) is 4.66. The van der Waals surface area contributed by atoms with Crippen LogP contribution in [0.15, 0.2) is 82.8 Å². The lowest BCUT2D eigenvalue weighted by atomic mass is 10.1. The maximum Gasteiger partial charge on any atom is 0.229 e. The van der Waals surface area contributed by atoms with Gasteiger partial charge in [0.05, 0.1) is 5.92 Å². The number of pyridine rings is 1. The lowest BCUT2D eigenvalue weighted by Gasteiger charge is -2.17. The van der Waals surface area contributed by atoms with E-state index in [-0.39, 0.29) is 24.2 Å². The number of carbonyl (C=O) groups is 2. The van der Waals surface area contributed by atoms with Crippen molar-refractivity contribution in [2.45, 2.75) is 22.0 Å². The first kappa shape index (κ1) is 21.5. The van der Waals surface area contributed by atoms with Gasteiger partial charge in [0, 0.05) is 52.3 Å². The van der Waals surface area contributed by atoms with Gasteiger partial charge in [-0.1, -0.05) is 6.07 Å². The average molecular weight is 450 g/mol. The minimum atomic E-state index is -0.354. The van der Waals surface area contributed by atoms with Crippen LogP contribution in [0.2, 0.25) is 0 Å². The van der Waals surface area contributed by atoms with Gasteiger partial charge < -0.3 is 10.2 Å². The van der Waals surface area contributed by atoms with Gasteiger partial charge in [0.25, 0.3) is 0 Å². The van der Waals surface area contributed by atoms with E-state index in [1.807, 2.05) is 67.0 Å². The molecular weight excluding hydrogens is 426 g/mol. The van der Waals surface area contributed by atoms with Crippen molar-refractivity contribution >= 4 is 46.7 Å². The molecule has 2 amide bonds. The zero-order valence-electron chi connectivity index (χ0n) is 17.2. The Hall–Kier alpha value is -2.77. The van der Waals surface area contributed by atoms with E-state index in [0.29, 0.717) is 6.54 Å². The number of carbonyl (C=O) groups excluding carboxylic acids is 2. The second-order valence-electron chi connectivity index (χ2n) is 7.27. The predicted octanol–water partition coefficient (Wildman–Crippen LogP) is 5.09. The molecule has 1 saturated heterocycles. The number of anilines is 2. The minimum absolute atomic E-state index is 0.0146. The second kappa shape index (κ2) is 10.0. The molecule has 2 aromatic carbocycles. The molecule has 1 aliphatic rings. The van der Waals surface area contributed by atoms with Gasteiger partial charge >= 0.3 is 0 Å². The number of nitrogens with zero attached hydrogens (tertiary/aromatic N) is 2. The van der Waals surface area contributed by atoms with E-state index in [1.165, 1.54) is 5.56 Å². The van der Waals surface area contributed by atoms with E-state index < -0.39 is 0 Å². The van der Waals surface area contributed by atoms with Crippen LogP contribution in [0.25, 0.3) is 0 Å². The van der Waals surface area contributed by atoms with Gasteiger partial charge in [0.15, 0.2) is 0 Å². The molecule has 1 N–H and O–H groups in total. The van der Waals surface area contributed by atoms with Crippen LogP contribution in [0.4, 0.5) is 11.4 Å². The summed E-state index contributed by atoms with van der Waals surface area (Å²) in [6, 6.07) is 19.6. The van der Waals surface area contributed by atoms with Gasteiger partial charge in [0.2, 0.25) is 11.8 Å². The third-order valence-corrected chi connectivity index (χ3v) is 6.96. The second-order valence-corrected chi connectivity index (χ2v) is 9.20. The fraction of sp³-hybridized carbons (Fsp3) is 0.208. The summed E-state index contributed by atoms with van der Waals surface area (Å²) in [5, 5.41) is 2.96. The molecule has 0 saturated carbocycles. The first-order valence-electron chi connectivity index (χ1n) is 9.99. The van der Waals surface area contributed by atoms with Crippen molar-refractivity contribution in [2.75, 3.05) is 23.0 Å². The van der Waals surface area contributed by atoms with Crippen molar-refractivity contribution in [3.63, 3.8) is 0 Å². The molecule has 1 aliphatic heterocycles. The predicted molar refractivity (Wildman–Crippen MR) is 128 cm³/mol. The summed E-state index contributed by atoms with van der Waals surface area (Å²) in [7, 11) is 0. The van der Waals surface area contributed by atoms with Gasteiger partial charge in [-0.25, -0.2) is 0 Å². The van der Waals surface area contributed by atoms with E-state index in [1.54, 1.807) is 34.6 Å². The molecule has 0 spiro atoms. The molecule has 0 aliphatic carbocycles. The highest BCUT2D eigenvalue weighted by Crippen LogP contribution is 2.28. The third-order valence-electron chi connectivity index (χ3n) is 5.13. The Labute approximate surface area is 190 Å². The van der Waals surface area contributed by atoms with Crippen molar-refractivity contribution in [3.8, 4) is 0 Å². The Bertz CT molecular complexity index is 1040. The highest BCUT2D eigenvalue weighted by Gasteiger charge is 2.35.